The number of methoxy groups -OCH3 is 2. The molecule has 0 radical (unpaired) electrons. The number of hydrogen-bond donors (Lipinski definition) is 4. The van der Waals surface area contributed by atoms with Crippen molar-refractivity contribution in [2.45, 2.75) is 24.6 Å². The monoisotopic (exact) mass is 462 g/mol. The van der Waals surface area contributed by atoms with E-state index in [1.165, 1.54) is 20.3 Å². The van der Waals surface area contributed by atoms with E-state index < -0.39 is 41.6 Å². The quantitative estimate of drug-likeness (QED) is 0.237. The molecule has 4 aromatic rings. The van der Waals surface area contributed by atoms with Gasteiger partial charge in [-0.1, -0.05) is 0 Å². The number of hydrogen-bond acceptors (Lipinski definition) is 12. The molecule has 0 saturated carbocycles. The second-order valence-corrected chi connectivity index (χ2v) is 7.49. The molecule has 0 spiro atoms. The molecule has 1 fully saturated rings. The summed E-state index contributed by atoms with van der Waals surface area (Å²) in [7, 11) is 2.53. The fourth-order valence-electron chi connectivity index (χ4n) is 4.04. The van der Waals surface area contributed by atoms with E-state index in [0.29, 0.717) is 0 Å². The highest BCUT2D eigenvalue weighted by Gasteiger charge is 2.40. The van der Waals surface area contributed by atoms with Gasteiger partial charge in [0.2, 0.25) is 17.8 Å². The van der Waals surface area contributed by atoms with Gasteiger partial charge in [-0.15, -0.1) is 0 Å². The minimum Gasteiger partial charge on any atom is -0.504 e. The first-order chi connectivity index (χ1) is 15.8. The fourth-order valence-corrected chi connectivity index (χ4v) is 4.04. The Morgan fingerprint density at radius 2 is 1.45 bits per heavy atom. The van der Waals surface area contributed by atoms with E-state index in [4.69, 9.17) is 27.8 Å². The van der Waals surface area contributed by atoms with Crippen molar-refractivity contribution in [3.63, 3.8) is 0 Å². The highest BCUT2D eigenvalue weighted by Crippen LogP contribution is 2.46. The molecule has 1 saturated heterocycles. The number of benzene rings is 2. The summed E-state index contributed by atoms with van der Waals surface area (Å²) in [5, 5.41) is 40.2. The molecular formula is C21H18O12. The topological polar surface area (TPSA) is 178 Å². The van der Waals surface area contributed by atoms with Crippen molar-refractivity contribution in [1.82, 2.24) is 0 Å². The summed E-state index contributed by atoms with van der Waals surface area (Å²) >= 11 is 0. The molecule has 0 aliphatic carbocycles. The average molecular weight is 462 g/mol. The van der Waals surface area contributed by atoms with Crippen LogP contribution in [0.3, 0.4) is 0 Å². The summed E-state index contributed by atoms with van der Waals surface area (Å²) in [6.45, 7) is -0.319. The lowest BCUT2D eigenvalue weighted by molar-refractivity contribution is -0.242. The van der Waals surface area contributed by atoms with Crippen molar-refractivity contribution in [2.75, 3.05) is 20.8 Å². The smallest absolute Gasteiger partial charge is 0.344 e. The summed E-state index contributed by atoms with van der Waals surface area (Å²) < 4.78 is 32.2. The Hall–Kier alpha value is -3.58. The number of ether oxygens (including phenoxy) is 4. The van der Waals surface area contributed by atoms with E-state index in [-0.39, 0.29) is 56.6 Å². The largest absolute Gasteiger partial charge is 0.504 e. The van der Waals surface area contributed by atoms with E-state index in [1.807, 2.05) is 0 Å². The molecule has 5 rings (SSSR count). The Bertz CT molecular complexity index is 1480. The molecule has 1 aliphatic heterocycles. The molecule has 12 nitrogen and oxygen atoms in total. The molecule has 4 N–H and O–H groups in total. The number of rotatable bonds is 4. The van der Waals surface area contributed by atoms with Crippen LogP contribution in [0.2, 0.25) is 0 Å². The maximum absolute atomic E-state index is 12.9. The molecule has 1 aliphatic rings. The molecule has 2 aromatic carbocycles. The lowest BCUT2D eigenvalue weighted by Gasteiger charge is -2.35. The van der Waals surface area contributed by atoms with Crippen molar-refractivity contribution >= 4 is 32.7 Å². The van der Waals surface area contributed by atoms with Gasteiger partial charge in [-0.25, -0.2) is 9.59 Å². The van der Waals surface area contributed by atoms with Gasteiger partial charge in [0.05, 0.1) is 31.6 Å². The molecule has 174 valence electrons. The third kappa shape index (κ3) is 2.99. The fraction of sp³-hybridized carbons (Fsp3) is 0.333. The second kappa shape index (κ2) is 7.49. The lowest BCUT2D eigenvalue weighted by atomic mass is 10.0. The molecule has 0 bridgehead atoms. The molecule has 3 heterocycles. The van der Waals surface area contributed by atoms with Crippen LogP contribution in [0.15, 0.2) is 30.6 Å². The summed E-state index contributed by atoms with van der Waals surface area (Å²) in [6, 6.07) is 2.39. The molecule has 4 atom stereocenters. The molecule has 2 aromatic heterocycles. The second-order valence-electron chi connectivity index (χ2n) is 7.49. The minimum atomic E-state index is -1.63. The van der Waals surface area contributed by atoms with Crippen molar-refractivity contribution in [3.8, 4) is 23.0 Å². The van der Waals surface area contributed by atoms with Crippen LogP contribution in [-0.2, 0) is 4.74 Å². The van der Waals surface area contributed by atoms with Crippen molar-refractivity contribution in [2.24, 2.45) is 0 Å². The van der Waals surface area contributed by atoms with Crippen LogP contribution in [0.1, 0.15) is 0 Å². The van der Waals surface area contributed by atoms with Gasteiger partial charge in [0.15, 0.2) is 22.7 Å². The third-order valence-corrected chi connectivity index (χ3v) is 5.60. The highest BCUT2D eigenvalue weighted by atomic mass is 16.7. The molecule has 12 heteroatoms. The molecule has 33 heavy (non-hydrogen) atoms. The SMILES string of the molecule is COc1c(O)cc2c(=O)oc3c(OC)c(O[C@@H]4OC[C@@H](O)[C@H](O)[C@H]4O)cc4c(=O)oc1c2c34. The Morgan fingerprint density at radius 3 is 2.06 bits per heavy atom. The van der Waals surface area contributed by atoms with Crippen molar-refractivity contribution in [1.29, 1.82) is 0 Å². The van der Waals surface area contributed by atoms with Crippen LogP contribution in [0.5, 0.6) is 23.0 Å². The Morgan fingerprint density at radius 1 is 0.879 bits per heavy atom. The average Bonchev–Trinajstić information content (AvgIpc) is 2.78. The maximum Gasteiger partial charge on any atom is 0.344 e. The van der Waals surface area contributed by atoms with Gasteiger partial charge in [-0.05, 0) is 12.1 Å². The van der Waals surface area contributed by atoms with E-state index in [0.717, 1.165) is 6.07 Å². The zero-order valence-electron chi connectivity index (χ0n) is 17.2. The van der Waals surface area contributed by atoms with Gasteiger partial charge in [0.1, 0.15) is 18.3 Å². The predicted molar refractivity (Wildman–Crippen MR) is 110 cm³/mol. The highest BCUT2D eigenvalue weighted by molar-refractivity contribution is 6.22. The number of aromatic hydroxyl groups is 1. The van der Waals surface area contributed by atoms with Gasteiger partial charge >= 0.3 is 11.3 Å². The summed E-state index contributed by atoms with van der Waals surface area (Å²) in [5.41, 5.74) is -2.02. The van der Waals surface area contributed by atoms with Crippen molar-refractivity contribution < 1.29 is 48.2 Å². The number of aliphatic hydroxyl groups is 3. The van der Waals surface area contributed by atoms with Crippen LogP contribution >= 0.6 is 0 Å². The van der Waals surface area contributed by atoms with Gasteiger partial charge in [-0.3, -0.25) is 0 Å². The first kappa shape index (κ1) is 21.3. The zero-order chi connectivity index (χ0) is 23.6. The third-order valence-electron chi connectivity index (χ3n) is 5.60. The van der Waals surface area contributed by atoms with Crippen LogP contribution in [0.25, 0.3) is 32.7 Å². The van der Waals surface area contributed by atoms with Crippen LogP contribution < -0.4 is 25.5 Å². The summed E-state index contributed by atoms with van der Waals surface area (Å²) in [5.74, 6) is -0.809. The molecule has 0 amide bonds. The number of phenolic OH excluding ortho intramolecular Hbond substituents is 1. The Labute approximate surface area is 183 Å². The van der Waals surface area contributed by atoms with E-state index in [2.05, 4.69) is 0 Å². The summed E-state index contributed by atoms with van der Waals surface area (Å²) in [4.78, 5) is 25.6. The van der Waals surface area contributed by atoms with Gasteiger partial charge in [0.25, 0.3) is 0 Å². The maximum atomic E-state index is 12.9. The lowest BCUT2D eigenvalue weighted by Crippen LogP contribution is -2.54. The van der Waals surface area contributed by atoms with E-state index >= 15 is 0 Å². The first-order valence-electron chi connectivity index (χ1n) is 9.72. The van der Waals surface area contributed by atoms with E-state index in [1.54, 1.807) is 0 Å². The van der Waals surface area contributed by atoms with Crippen molar-refractivity contribution in [3.05, 3.63) is 33.0 Å². The zero-order valence-corrected chi connectivity index (χ0v) is 17.2. The predicted octanol–water partition coefficient (Wildman–Crippen LogP) is 0.0310. The summed E-state index contributed by atoms with van der Waals surface area (Å²) in [6.07, 6.45) is -5.91. The normalized spacial score (nSPS) is 23.4. The molecular weight excluding hydrogens is 444 g/mol. The molecule has 0 unspecified atom stereocenters. The van der Waals surface area contributed by atoms with Crippen LogP contribution in [-0.4, -0.2) is 65.9 Å². The Balaban J connectivity index is 1.81. The van der Waals surface area contributed by atoms with Gasteiger partial charge in [0, 0.05) is 10.8 Å². The number of aliphatic hydroxyl groups excluding tert-OH is 3. The van der Waals surface area contributed by atoms with Gasteiger partial charge < -0.3 is 48.2 Å². The Kier molecular flexibility index (Phi) is 4.83. The van der Waals surface area contributed by atoms with Crippen LogP contribution in [0, 0.1) is 0 Å². The number of phenols is 1. The first-order valence-corrected chi connectivity index (χ1v) is 9.72. The minimum absolute atomic E-state index is 0.0524. The van der Waals surface area contributed by atoms with E-state index in [9.17, 15) is 30.0 Å². The standard InChI is InChI=1S/C21H18O12/c1-28-15-8(22)3-6-11-12-7(20(27)32-17(11)15)4-10(16(29-2)18(12)33-19(6)26)31-21-14(25)13(24)9(23)5-30-21/h3-4,9,13-14,21-25H,5H2,1-2H3/t9-,13+,14-,21+/m1/s1. The van der Waals surface area contributed by atoms with Gasteiger partial charge in [-0.2, -0.15) is 0 Å². The van der Waals surface area contributed by atoms with Crippen LogP contribution in [0.4, 0.5) is 0 Å².